The van der Waals surface area contributed by atoms with E-state index < -0.39 is 0 Å². The van der Waals surface area contributed by atoms with Gasteiger partial charge in [-0.3, -0.25) is 0 Å². The molecule has 108 valence electrons. The highest BCUT2D eigenvalue weighted by Gasteiger charge is 2.13. The first-order valence-electron chi connectivity index (χ1n) is 6.82. The van der Waals surface area contributed by atoms with Crippen LogP contribution in [0.25, 0.3) is 0 Å². The molecule has 1 aromatic heterocycles. The van der Waals surface area contributed by atoms with E-state index in [-0.39, 0.29) is 6.04 Å². The quantitative estimate of drug-likeness (QED) is 0.884. The summed E-state index contributed by atoms with van der Waals surface area (Å²) in [5, 5.41) is 8.61. The third kappa shape index (κ3) is 3.25. The molecule has 2 aromatic rings. The smallest absolute Gasteiger partial charge is 0.148 e. The molecule has 0 amide bonds. The molecule has 0 aliphatic carbocycles. The largest absolute Gasteiger partial charge is 0.394 e. The summed E-state index contributed by atoms with van der Waals surface area (Å²) in [6.45, 7) is 6.93. The zero-order chi connectivity index (χ0) is 14.7. The molecule has 0 aliphatic rings. The Morgan fingerprint density at radius 3 is 2.55 bits per heavy atom. The number of aryl methyl sites for hydroxylation is 1. The van der Waals surface area contributed by atoms with Gasteiger partial charge >= 0.3 is 0 Å². The van der Waals surface area contributed by atoms with Crippen LogP contribution >= 0.6 is 11.6 Å². The van der Waals surface area contributed by atoms with E-state index >= 15 is 0 Å². The number of aromatic nitrogens is 2. The van der Waals surface area contributed by atoms with Gasteiger partial charge in [-0.05, 0) is 44.9 Å². The maximum absolute atomic E-state index is 6.08. The predicted octanol–water partition coefficient (Wildman–Crippen LogP) is 3.66. The summed E-state index contributed by atoms with van der Waals surface area (Å²) in [6.07, 6.45) is 0.916. The maximum atomic E-state index is 6.08. The fourth-order valence-electron chi connectivity index (χ4n) is 2.09. The molecule has 0 fully saturated rings. The average Bonchev–Trinajstić information content (AvgIpc) is 2.69. The maximum Gasteiger partial charge on any atom is 0.148 e. The predicted molar refractivity (Wildman–Crippen MR) is 85.4 cm³/mol. The molecule has 0 atom stereocenters. The standard InChI is InChI=1S/C15H21ClN4/c1-10(2)20-15(14(17)11(3)19-20)18-9-8-12-4-6-13(16)7-5-12/h4-7,10,18H,8-9,17H2,1-3H3. The van der Waals surface area contributed by atoms with Crippen molar-refractivity contribution in [1.82, 2.24) is 9.78 Å². The number of anilines is 2. The fourth-order valence-corrected chi connectivity index (χ4v) is 2.21. The SMILES string of the molecule is Cc1nn(C(C)C)c(NCCc2ccc(Cl)cc2)c1N. The number of halogens is 1. The molecule has 5 heteroatoms. The topological polar surface area (TPSA) is 55.9 Å². The van der Waals surface area contributed by atoms with E-state index in [1.807, 2.05) is 35.9 Å². The highest BCUT2D eigenvalue weighted by Crippen LogP contribution is 2.25. The highest BCUT2D eigenvalue weighted by atomic mass is 35.5. The van der Waals surface area contributed by atoms with Crippen LogP contribution in [0.1, 0.15) is 31.1 Å². The second-order valence-electron chi connectivity index (χ2n) is 5.19. The Morgan fingerprint density at radius 2 is 1.95 bits per heavy atom. The van der Waals surface area contributed by atoms with Crippen molar-refractivity contribution in [1.29, 1.82) is 0 Å². The minimum atomic E-state index is 0.282. The number of benzene rings is 1. The van der Waals surface area contributed by atoms with Crippen LogP contribution < -0.4 is 11.1 Å². The van der Waals surface area contributed by atoms with Gasteiger partial charge in [0.1, 0.15) is 5.82 Å². The number of nitrogen functional groups attached to an aromatic ring is 1. The minimum Gasteiger partial charge on any atom is -0.394 e. The van der Waals surface area contributed by atoms with Crippen LogP contribution in [0, 0.1) is 6.92 Å². The van der Waals surface area contributed by atoms with Crippen molar-refractivity contribution in [3.05, 3.63) is 40.5 Å². The second-order valence-corrected chi connectivity index (χ2v) is 5.63. The first-order valence-corrected chi connectivity index (χ1v) is 7.19. The molecule has 1 aromatic carbocycles. The van der Waals surface area contributed by atoms with E-state index in [9.17, 15) is 0 Å². The molecule has 0 spiro atoms. The third-order valence-corrected chi connectivity index (χ3v) is 3.49. The molecule has 2 rings (SSSR count). The summed E-state index contributed by atoms with van der Waals surface area (Å²) >= 11 is 5.88. The number of hydrogen-bond acceptors (Lipinski definition) is 3. The van der Waals surface area contributed by atoms with Crippen molar-refractivity contribution in [2.75, 3.05) is 17.6 Å². The second kappa shape index (κ2) is 6.18. The van der Waals surface area contributed by atoms with Crippen LogP contribution in [0.4, 0.5) is 11.5 Å². The molecule has 0 saturated heterocycles. The van der Waals surface area contributed by atoms with Gasteiger partial charge in [0.05, 0.1) is 11.4 Å². The van der Waals surface area contributed by atoms with Crippen LogP contribution in [-0.2, 0) is 6.42 Å². The molecule has 20 heavy (non-hydrogen) atoms. The van der Waals surface area contributed by atoms with Crippen molar-refractivity contribution >= 4 is 23.1 Å². The lowest BCUT2D eigenvalue weighted by Gasteiger charge is -2.13. The van der Waals surface area contributed by atoms with Gasteiger partial charge in [0, 0.05) is 17.6 Å². The van der Waals surface area contributed by atoms with E-state index in [1.165, 1.54) is 5.56 Å². The average molecular weight is 293 g/mol. The molecule has 1 heterocycles. The Morgan fingerprint density at radius 1 is 1.30 bits per heavy atom. The highest BCUT2D eigenvalue weighted by molar-refractivity contribution is 6.30. The molecular formula is C15H21ClN4. The monoisotopic (exact) mass is 292 g/mol. The number of rotatable bonds is 5. The Kier molecular flexibility index (Phi) is 4.55. The van der Waals surface area contributed by atoms with Crippen molar-refractivity contribution in [2.45, 2.75) is 33.2 Å². The van der Waals surface area contributed by atoms with Gasteiger partial charge in [-0.15, -0.1) is 0 Å². The van der Waals surface area contributed by atoms with E-state index in [0.717, 1.165) is 35.2 Å². The van der Waals surface area contributed by atoms with Crippen molar-refractivity contribution in [3.8, 4) is 0 Å². The normalized spacial score (nSPS) is 11.1. The molecular weight excluding hydrogens is 272 g/mol. The summed E-state index contributed by atoms with van der Waals surface area (Å²) in [7, 11) is 0. The first kappa shape index (κ1) is 14.7. The molecule has 0 saturated carbocycles. The molecule has 0 radical (unpaired) electrons. The van der Waals surface area contributed by atoms with Gasteiger partial charge in [-0.2, -0.15) is 5.10 Å². The van der Waals surface area contributed by atoms with Crippen molar-refractivity contribution in [3.63, 3.8) is 0 Å². The van der Waals surface area contributed by atoms with Gasteiger partial charge in [-0.25, -0.2) is 4.68 Å². The Bertz CT molecular complexity index is 572. The van der Waals surface area contributed by atoms with Crippen LogP contribution in [0.3, 0.4) is 0 Å². The van der Waals surface area contributed by atoms with Gasteiger partial charge < -0.3 is 11.1 Å². The molecule has 0 unspecified atom stereocenters. The number of nitrogens with zero attached hydrogens (tertiary/aromatic N) is 2. The van der Waals surface area contributed by atoms with Crippen LogP contribution in [0.5, 0.6) is 0 Å². The molecule has 4 nitrogen and oxygen atoms in total. The molecule has 0 aliphatic heterocycles. The summed E-state index contributed by atoms with van der Waals surface area (Å²) in [5.41, 5.74) is 8.92. The number of nitrogens with two attached hydrogens (primary N) is 1. The lowest BCUT2D eigenvalue weighted by molar-refractivity contribution is 0.534. The van der Waals surface area contributed by atoms with Crippen molar-refractivity contribution < 1.29 is 0 Å². The van der Waals surface area contributed by atoms with E-state index in [4.69, 9.17) is 17.3 Å². The zero-order valence-corrected chi connectivity index (χ0v) is 12.9. The van der Waals surface area contributed by atoms with Crippen molar-refractivity contribution in [2.24, 2.45) is 0 Å². The van der Waals surface area contributed by atoms with Gasteiger partial charge in [0.2, 0.25) is 0 Å². The van der Waals surface area contributed by atoms with Crippen LogP contribution in [0.2, 0.25) is 5.02 Å². The Balaban J connectivity index is 2.02. The third-order valence-electron chi connectivity index (χ3n) is 3.24. The molecule has 3 N–H and O–H groups in total. The van der Waals surface area contributed by atoms with E-state index in [1.54, 1.807) is 0 Å². The summed E-state index contributed by atoms with van der Waals surface area (Å²) in [5.74, 6) is 0.909. The van der Waals surface area contributed by atoms with Crippen LogP contribution in [0.15, 0.2) is 24.3 Å². The lowest BCUT2D eigenvalue weighted by Crippen LogP contribution is -2.13. The number of nitrogens with one attached hydrogen (secondary N) is 1. The van der Waals surface area contributed by atoms with E-state index in [0.29, 0.717) is 0 Å². The Labute approximate surface area is 124 Å². The van der Waals surface area contributed by atoms with Gasteiger partial charge in [0.15, 0.2) is 0 Å². The molecule has 0 bridgehead atoms. The summed E-state index contributed by atoms with van der Waals surface area (Å²) in [4.78, 5) is 0. The zero-order valence-electron chi connectivity index (χ0n) is 12.2. The van der Waals surface area contributed by atoms with Gasteiger partial charge in [-0.1, -0.05) is 23.7 Å². The summed E-state index contributed by atoms with van der Waals surface area (Å²) < 4.78 is 1.94. The Hall–Kier alpha value is -1.68. The fraction of sp³-hybridized carbons (Fsp3) is 0.400. The first-order chi connectivity index (χ1) is 9.49. The summed E-state index contributed by atoms with van der Waals surface area (Å²) in [6, 6.07) is 8.18. The lowest BCUT2D eigenvalue weighted by atomic mass is 10.1. The van der Waals surface area contributed by atoms with Crippen LogP contribution in [-0.4, -0.2) is 16.3 Å². The van der Waals surface area contributed by atoms with Gasteiger partial charge in [0.25, 0.3) is 0 Å². The minimum absolute atomic E-state index is 0.282. The number of hydrogen-bond donors (Lipinski definition) is 2. The van der Waals surface area contributed by atoms with E-state index in [2.05, 4.69) is 24.3 Å².